The number of hydrogen-bond acceptors (Lipinski definition) is 2. The first-order chi connectivity index (χ1) is 9.63. The summed E-state index contributed by atoms with van der Waals surface area (Å²) in [5.41, 5.74) is 1.47. The number of carbonyl (C=O) groups is 1. The molecule has 0 aliphatic carbocycles. The van der Waals surface area contributed by atoms with Crippen LogP contribution in [0.15, 0.2) is 24.3 Å². The van der Waals surface area contributed by atoms with Gasteiger partial charge in [-0.05, 0) is 30.7 Å². The second-order valence-corrected chi connectivity index (χ2v) is 5.54. The summed E-state index contributed by atoms with van der Waals surface area (Å²) < 4.78 is 20.5. The lowest BCUT2D eigenvalue weighted by atomic mass is 10.1. The molecule has 2 aliphatic rings. The van der Waals surface area contributed by atoms with Gasteiger partial charge in [-0.15, -0.1) is 0 Å². The van der Waals surface area contributed by atoms with Crippen LogP contribution < -0.4 is 0 Å². The van der Waals surface area contributed by atoms with Gasteiger partial charge < -0.3 is 14.2 Å². The average molecular weight is 274 g/mol. The maximum Gasteiger partial charge on any atom is 0.270 e. The molecule has 2 fully saturated rings. The zero-order valence-electron chi connectivity index (χ0n) is 11.2. The molecule has 20 heavy (non-hydrogen) atoms. The maximum absolute atomic E-state index is 13.3. The summed E-state index contributed by atoms with van der Waals surface area (Å²) >= 11 is 0. The molecule has 1 aromatic heterocycles. The molecule has 2 atom stereocenters. The van der Waals surface area contributed by atoms with E-state index in [1.54, 1.807) is 12.1 Å². The van der Waals surface area contributed by atoms with E-state index >= 15 is 0 Å². The van der Waals surface area contributed by atoms with Crippen LogP contribution in [0.25, 0.3) is 10.9 Å². The number of halogens is 1. The second-order valence-electron chi connectivity index (χ2n) is 5.54. The van der Waals surface area contributed by atoms with E-state index in [4.69, 9.17) is 4.74 Å². The Morgan fingerprint density at radius 1 is 1.35 bits per heavy atom. The van der Waals surface area contributed by atoms with E-state index in [1.807, 2.05) is 16.5 Å². The van der Waals surface area contributed by atoms with Gasteiger partial charge in [0.25, 0.3) is 5.91 Å². The van der Waals surface area contributed by atoms with Crippen LogP contribution >= 0.6 is 0 Å². The number of hydrogen-bond donors (Lipinski definition) is 0. The molecule has 4 rings (SSSR count). The number of nitrogens with zero attached hydrogens (tertiary/aromatic N) is 2. The van der Waals surface area contributed by atoms with Crippen molar-refractivity contribution in [2.45, 2.75) is 18.6 Å². The number of likely N-dealkylation sites (tertiary alicyclic amines) is 1. The van der Waals surface area contributed by atoms with Gasteiger partial charge in [0, 0.05) is 31.0 Å². The number of carbonyl (C=O) groups excluding carboxylic acids is 1. The van der Waals surface area contributed by atoms with Crippen molar-refractivity contribution in [3.8, 4) is 0 Å². The number of fused-ring (bicyclic) bond motifs is 2. The summed E-state index contributed by atoms with van der Waals surface area (Å²) in [6.07, 6.45) is 1.50. The predicted molar refractivity (Wildman–Crippen MR) is 72.1 cm³/mol. The van der Waals surface area contributed by atoms with E-state index < -0.39 is 0 Å². The summed E-state index contributed by atoms with van der Waals surface area (Å²) in [6, 6.07) is 6.35. The van der Waals surface area contributed by atoms with E-state index in [1.165, 1.54) is 12.1 Å². The molecular weight excluding hydrogens is 259 g/mol. The summed E-state index contributed by atoms with van der Waals surface area (Å²) in [5.74, 6) is -0.285. The number of ether oxygens (including phenoxy) is 1. The van der Waals surface area contributed by atoms with Gasteiger partial charge in [0.2, 0.25) is 0 Å². The smallest absolute Gasteiger partial charge is 0.270 e. The molecule has 4 nitrogen and oxygen atoms in total. The highest BCUT2D eigenvalue weighted by molar-refractivity contribution is 5.98. The van der Waals surface area contributed by atoms with Crippen LogP contribution in [0.2, 0.25) is 0 Å². The van der Waals surface area contributed by atoms with E-state index in [2.05, 4.69) is 0 Å². The fourth-order valence-electron chi connectivity index (χ4n) is 3.06. The third kappa shape index (κ3) is 1.73. The maximum atomic E-state index is 13.3. The van der Waals surface area contributed by atoms with Gasteiger partial charge in [-0.25, -0.2) is 4.39 Å². The first-order valence-corrected chi connectivity index (χ1v) is 6.83. The Bertz CT molecular complexity index is 709. The number of piperidine rings is 1. The lowest BCUT2D eigenvalue weighted by Crippen LogP contribution is -2.40. The Balaban J connectivity index is 1.70. The second kappa shape index (κ2) is 4.06. The van der Waals surface area contributed by atoms with Crippen LogP contribution in [0.3, 0.4) is 0 Å². The van der Waals surface area contributed by atoms with Gasteiger partial charge in [0.15, 0.2) is 0 Å². The van der Waals surface area contributed by atoms with Crippen molar-refractivity contribution >= 4 is 16.8 Å². The van der Waals surface area contributed by atoms with Gasteiger partial charge in [-0.2, -0.15) is 0 Å². The number of epoxide rings is 1. The number of amides is 1. The SMILES string of the molecule is Cn1c(C(=O)N2CC[C@H]3O[C@@H]3C2)cc2cc(F)ccc21. The minimum Gasteiger partial charge on any atom is -0.368 e. The molecular formula is C15H15FN2O2. The van der Waals surface area contributed by atoms with Gasteiger partial charge in [-0.3, -0.25) is 4.79 Å². The van der Waals surface area contributed by atoms with Crippen LogP contribution in [0.4, 0.5) is 4.39 Å². The van der Waals surface area contributed by atoms with Crippen LogP contribution in [0, 0.1) is 5.82 Å². The van der Waals surface area contributed by atoms with Crippen molar-refractivity contribution in [3.63, 3.8) is 0 Å². The van der Waals surface area contributed by atoms with Crippen LogP contribution in [-0.4, -0.2) is 40.7 Å². The first kappa shape index (κ1) is 11.9. The lowest BCUT2D eigenvalue weighted by molar-refractivity contribution is 0.0727. The standard InChI is InChI=1S/C15H15FN2O2/c1-17-11-3-2-10(16)6-9(11)7-12(17)15(19)18-5-4-13-14(8-18)20-13/h2-3,6-7,13-14H,4-5,8H2,1H3/t13-,14-/m1/s1. The van der Waals surface area contributed by atoms with Crippen molar-refractivity contribution in [2.24, 2.45) is 7.05 Å². The molecule has 0 radical (unpaired) electrons. The molecule has 3 heterocycles. The molecule has 2 aliphatic heterocycles. The third-order valence-electron chi connectivity index (χ3n) is 4.28. The van der Waals surface area contributed by atoms with Gasteiger partial charge in [0.1, 0.15) is 17.6 Å². The summed E-state index contributed by atoms with van der Waals surface area (Å²) in [6.45, 7) is 1.40. The normalized spacial score (nSPS) is 24.8. The van der Waals surface area contributed by atoms with E-state index in [0.717, 1.165) is 23.9 Å². The molecule has 0 spiro atoms. The van der Waals surface area contributed by atoms with Gasteiger partial charge in [0.05, 0.1) is 6.10 Å². The number of aryl methyl sites for hydroxylation is 1. The number of rotatable bonds is 1. The van der Waals surface area contributed by atoms with Crippen LogP contribution in [-0.2, 0) is 11.8 Å². The highest BCUT2D eigenvalue weighted by Crippen LogP contribution is 2.31. The predicted octanol–water partition coefficient (Wildman–Crippen LogP) is 1.93. The number of benzene rings is 1. The fraction of sp³-hybridized carbons (Fsp3) is 0.400. The summed E-state index contributed by atoms with van der Waals surface area (Å²) in [4.78, 5) is 14.4. The third-order valence-corrected chi connectivity index (χ3v) is 4.28. The van der Waals surface area contributed by atoms with E-state index in [-0.39, 0.29) is 17.8 Å². The molecule has 2 saturated heterocycles. The zero-order valence-corrected chi connectivity index (χ0v) is 11.2. The Morgan fingerprint density at radius 3 is 3.00 bits per heavy atom. The zero-order chi connectivity index (χ0) is 13.9. The molecule has 2 aromatic rings. The molecule has 104 valence electrons. The van der Waals surface area contributed by atoms with E-state index in [9.17, 15) is 9.18 Å². The molecule has 0 unspecified atom stereocenters. The molecule has 1 aromatic carbocycles. The molecule has 1 amide bonds. The highest BCUT2D eigenvalue weighted by Gasteiger charge is 2.44. The molecule has 0 bridgehead atoms. The molecule has 5 heteroatoms. The Labute approximate surface area is 115 Å². The Kier molecular flexibility index (Phi) is 2.41. The Hall–Kier alpha value is -1.88. The van der Waals surface area contributed by atoms with Crippen molar-refractivity contribution in [1.82, 2.24) is 9.47 Å². The molecule has 0 N–H and O–H groups in total. The largest absolute Gasteiger partial charge is 0.368 e. The van der Waals surface area contributed by atoms with Gasteiger partial charge >= 0.3 is 0 Å². The minimum absolute atomic E-state index is 0.00180. The highest BCUT2D eigenvalue weighted by atomic mass is 19.1. The summed E-state index contributed by atoms with van der Waals surface area (Å²) in [7, 11) is 1.84. The first-order valence-electron chi connectivity index (χ1n) is 6.83. The van der Waals surface area contributed by atoms with Crippen LogP contribution in [0.1, 0.15) is 16.9 Å². The van der Waals surface area contributed by atoms with Crippen molar-refractivity contribution in [1.29, 1.82) is 0 Å². The van der Waals surface area contributed by atoms with Crippen molar-refractivity contribution in [3.05, 3.63) is 35.8 Å². The van der Waals surface area contributed by atoms with Crippen molar-refractivity contribution < 1.29 is 13.9 Å². The monoisotopic (exact) mass is 274 g/mol. The summed E-state index contributed by atoms with van der Waals surface area (Å²) in [5, 5.41) is 0.758. The molecule has 0 saturated carbocycles. The average Bonchev–Trinajstić information content (AvgIpc) is 3.15. The topological polar surface area (TPSA) is 37.8 Å². The fourth-order valence-corrected chi connectivity index (χ4v) is 3.06. The van der Waals surface area contributed by atoms with Crippen molar-refractivity contribution in [2.75, 3.05) is 13.1 Å². The quantitative estimate of drug-likeness (QED) is 0.745. The van der Waals surface area contributed by atoms with Crippen LogP contribution in [0.5, 0.6) is 0 Å². The number of aromatic nitrogens is 1. The van der Waals surface area contributed by atoms with Gasteiger partial charge in [-0.1, -0.05) is 0 Å². The van der Waals surface area contributed by atoms with E-state index in [0.29, 0.717) is 18.3 Å². The minimum atomic E-state index is -0.283. The Morgan fingerprint density at radius 2 is 2.20 bits per heavy atom. The lowest BCUT2D eigenvalue weighted by Gasteiger charge is -2.24.